The van der Waals surface area contributed by atoms with Crippen LogP contribution in [0, 0.1) is 5.92 Å². The Labute approximate surface area is 199 Å². The molecule has 2 aromatic rings. The van der Waals surface area contributed by atoms with E-state index in [1.807, 2.05) is 13.8 Å². The van der Waals surface area contributed by atoms with Crippen molar-refractivity contribution in [3.05, 3.63) is 48.0 Å². The van der Waals surface area contributed by atoms with Crippen LogP contribution >= 0.6 is 0 Å². The van der Waals surface area contributed by atoms with Gasteiger partial charge in [-0.15, -0.1) is 0 Å². The molecule has 0 spiro atoms. The summed E-state index contributed by atoms with van der Waals surface area (Å²) in [5.41, 5.74) is 0.957. The van der Waals surface area contributed by atoms with Gasteiger partial charge in [0.2, 0.25) is 5.91 Å². The molecule has 3 amide bonds. The first-order chi connectivity index (χ1) is 16.2. The molecule has 182 valence electrons. The van der Waals surface area contributed by atoms with Gasteiger partial charge < -0.3 is 24.6 Å². The SMILES string of the molecule is CO[C@H]1CN(C)C(=O)c2ccc(NC(=O)c3cnccn3)cc2OC[C@@H](C)N(C(C)=O)C[C@H]1C. The summed E-state index contributed by atoms with van der Waals surface area (Å²) < 4.78 is 11.7. The highest BCUT2D eigenvalue weighted by Crippen LogP contribution is 2.27. The molecule has 3 atom stereocenters. The van der Waals surface area contributed by atoms with Gasteiger partial charge in [-0.3, -0.25) is 19.4 Å². The quantitative estimate of drug-likeness (QED) is 0.732. The number of benzene rings is 1. The van der Waals surface area contributed by atoms with Gasteiger partial charge in [-0.2, -0.15) is 0 Å². The van der Waals surface area contributed by atoms with Gasteiger partial charge in [-0.25, -0.2) is 4.98 Å². The molecule has 0 saturated carbocycles. The molecule has 3 rings (SSSR count). The Morgan fingerprint density at radius 2 is 1.97 bits per heavy atom. The summed E-state index contributed by atoms with van der Waals surface area (Å²) in [4.78, 5) is 49.3. The molecule has 0 fully saturated rings. The van der Waals surface area contributed by atoms with Crippen molar-refractivity contribution >= 4 is 23.4 Å². The molecule has 0 radical (unpaired) electrons. The number of hydrogen-bond acceptors (Lipinski definition) is 7. The van der Waals surface area contributed by atoms with E-state index in [0.717, 1.165) is 0 Å². The molecule has 0 aliphatic carbocycles. The number of hydrogen-bond donors (Lipinski definition) is 1. The van der Waals surface area contributed by atoms with Crippen molar-refractivity contribution in [2.24, 2.45) is 5.92 Å². The summed E-state index contributed by atoms with van der Waals surface area (Å²) in [5, 5.41) is 2.75. The van der Waals surface area contributed by atoms with Crippen molar-refractivity contribution in [1.29, 1.82) is 0 Å². The van der Waals surface area contributed by atoms with Gasteiger partial charge in [0.15, 0.2) is 0 Å². The molecule has 0 unspecified atom stereocenters. The van der Waals surface area contributed by atoms with Crippen molar-refractivity contribution < 1.29 is 23.9 Å². The predicted molar refractivity (Wildman–Crippen MR) is 126 cm³/mol. The topological polar surface area (TPSA) is 114 Å². The van der Waals surface area contributed by atoms with Crippen LogP contribution in [0.1, 0.15) is 41.6 Å². The molecule has 10 heteroatoms. The van der Waals surface area contributed by atoms with Gasteiger partial charge >= 0.3 is 0 Å². The second-order valence-corrected chi connectivity index (χ2v) is 8.52. The maximum Gasteiger partial charge on any atom is 0.275 e. The molecule has 2 heterocycles. The molecule has 1 aliphatic rings. The van der Waals surface area contributed by atoms with E-state index in [9.17, 15) is 14.4 Å². The number of rotatable bonds is 3. The highest BCUT2D eigenvalue weighted by atomic mass is 16.5. The Hall–Kier alpha value is -3.53. The fraction of sp³-hybridized carbons (Fsp3) is 0.458. The fourth-order valence-electron chi connectivity index (χ4n) is 3.90. The van der Waals surface area contributed by atoms with E-state index in [1.54, 1.807) is 42.2 Å². The van der Waals surface area contributed by atoms with Crippen molar-refractivity contribution in [2.75, 3.05) is 39.2 Å². The molecular formula is C24H31N5O5. The maximum atomic E-state index is 13.2. The molecule has 0 bridgehead atoms. The number of carbonyl (C=O) groups excluding carboxylic acids is 3. The van der Waals surface area contributed by atoms with Gasteiger partial charge in [-0.1, -0.05) is 6.92 Å². The van der Waals surface area contributed by atoms with Gasteiger partial charge in [0.25, 0.3) is 11.8 Å². The lowest BCUT2D eigenvalue weighted by molar-refractivity contribution is -0.133. The van der Waals surface area contributed by atoms with E-state index in [4.69, 9.17) is 9.47 Å². The standard InChI is InChI=1S/C24H31N5O5/c1-15-12-29(17(3)30)16(2)14-34-21-10-18(27-23(31)20-11-25-8-9-26-20)6-7-19(21)24(32)28(4)13-22(15)33-5/h6-11,15-16,22H,12-14H2,1-5H3,(H,27,31)/t15-,16-,22+/m1/s1. The third-order valence-electron chi connectivity index (χ3n) is 5.90. The van der Waals surface area contributed by atoms with E-state index in [-0.39, 0.29) is 42.2 Å². The summed E-state index contributed by atoms with van der Waals surface area (Å²) in [7, 11) is 3.31. The number of methoxy groups -OCH3 is 1. The number of amides is 3. The molecule has 34 heavy (non-hydrogen) atoms. The third-order valence-corrected chi connectivity index (χ3v) is 5.90. The number of likely N-dealkylation sites (N-methyl/N-ethyl adjacent to an activating group) is 1. The van der Waals surface area contributed by atoms with Crippen molar-refractivity contribution in [2.45, 2.75) is 32.9 Å². The zero-order chi connectivity index (χ0) is 24.8. The van der Waals surface area contributed by atoms with E-state index in [2.05, 4.69) is 15.3 Å². The number of ether oxygens (including phenoxy) is 2. The van der Waals surface area contributed by atoms with E-state index in [1.165, 1.54) is 25.5 Å². The first-order valence-electron chi connectivity index (χ1n) is 11.1. The largest absolute Gasteiger partial charge is 0.491 e. The second kappa shape index (κ2) is 11.1. The first kappa shape index (κ1) is 25.1. The number of carbonyl (C=O) groups is 3. The van der Waals surface area contributed by atoms with Crippen LogP contribution in [0.3, 0.4) is 0 Å². The van der Waals surface area contributed by atoms with Crippen molar-refractivity contribution in [3.63, 3.8) is 0 Å². The molecular weight excluding hydrogens is 438 g/mol. The smallest absolute Gasteiger partial charge is 0.275 e. The van der Waals surface area contributed by atoms with Crippen LogP contribution in [0.2, 0.25) is 0 Å². The van der Waals surface area contributed by atoms with E-state index in [0.29, 0.717) is 30.1 Å². The van der Waals surface area contributed by atoms with Gasteiger partial charge in [-0.05, 0) is 19.1 Å². The van der Waals surface area contributed by atoms with E-state index < -0.39 is 5.91 Å². The minimum atomic E-state index is -0.433. The lowest BCUT2D eigenvalue weighted by Crippen LogP contribution is -2.48. The summed E-state index contributed by atoms with van der Waals surface area (Å²) in [6.45, 7) is 6.43. The second-order valence-electron chi connectivity index (χ2n) is 8.52. The molecule has 1 N–H and O–H groups in total. The first-order valence-corrected chi connectivity index (χ1v) is 11.1. The van der Waals surface area contributed by atoms with Gasteiger partial charge in [0.05, 0.1) is 23.9 Å². The average molecular weight is 470 g/mol. The monoisotopic (exact) mass is 469 g/mol. The predicted octanol–water partition coefficient (Wildman–Crippen LogP) is 2.08. The lowest BCUT2D eigenvalue weighted by atomic mass is 10.0. The number of anilines is 1. The number of fused-ring (bicyclic) bond motifs is 1. The van der Waals surface area contributed by atoms with Crippen LogP contribution in [0.15, 0.2) is 36.8 Å². The van der Waals surface area contributed by atoms with Gasteiger partial charge in [0, 0.05) is 64.2 Å². The summed E-state index contributed by atoms with van der Waals surface area (Å²) in [5.74, 6) is -0.411. The molecule has 1 aromatic carbocycles. The molecule has 1 aromatic heterocycles. The van der Waals surface area contributed by atoms with Crippen LogP contribution in [-0.2, 0) is 9.53 Å². The van der Waals surface area contributed by atoms with Crippen LogP contribution < -0.4 is 10.1 Å². The highest BCUT2D eigenvalue weighted by Gasteiger charge is 2.29. The highest BCUT2D eigenvalue weighted by molar-refractivity contribution is 6.03. The number of nitrogens with one attached hydrogen (secondary N) is 1. The van der Waals surface area contributed by atoms with Gasteiger partial charge in [0.1, 0.15) is 18.1 Å². The van der Waals surface area contributed by atoms with Crippen LogP contribution in [0.25, 0.3) is 0 Å². The van der Waals surface area contributed by atoms with E-state index >= 15 is 0 Å². The van der Waals surface area contributed by atoms with Crippen molar-refractivity contribution in [1.82, 2.24) is 19.8 Å². The zero-order valence-corrected chi connectivity index (χ0v) is 20.1. The van der Waals surface area contributed by atoms with Crippen LogP contribution in [-0.4, -0.2) is 83.5 Å². The summed E-state index contributed by atoms with van der Waals surface area (Å²) in [6, 6.07) is 4.61. The van der Waals surface area contributed by atoms with Crippen molar-refractivity contribution in [3.8, 4) is 5.75 Å². The Morgan fingerprint density at radius 1 is 1.21 bits per heavy atom. The fourth-order valence-corrected chi connectivity index (χ4v) is 3.90. The molecule has 10 nitrogen and oxygen atoms in total. The summed E-state index contributed by atoms with van der Waals surface area (Å²) in [6.07, 6.45) is 4.02. The zero-order valence-electron chi connectivity index (χ0n) is 20.1. The summed E-state index contributed by atoms with van der Waals surface area (Å²) >= 11 is 0. The molecule has 1 aliphatic heterocycles. The lowest BCUT2D eigenvalue weighted by Gasteiger charge is -2.35. The van der Waals surface area contributed by atoms with Crippen LogP contribution in [0.5, 0.6) is 5.75 Å². The third kappa shape index (κ3) is 5.88. The Morgan fingerprint density at radius 3 is 2.62 bits per heavy atom. The normalized spacial score (nSPS) is 21.6. The number of nitrogens with zero attached hydrogens (tertiary/aromatic N) is 4. The number of aromatic nitrogens is 2. The average Bonchev–Trinajstić information content (AvgIpc) is 2.83. The Kier molecular flexibility index (Phi) is 8.17. The van der Waals surface area contributed by atoms with Crippen LogP contribution in [0.4, 0.5) is 5.69 Å². The minimum Gasteiger partial charge on any atom is -0.491 e. The Bertz CT molecular complexity index is 1030. The molecule has 0 saturated heterocycles. The minimum absolute atomic E-state index is 0.00386. The maximum absolute atomic E-state index is 13.2. The Balaban J connectivity index is 1.93.